The monoisotopic (exact) mass is 1600 g/mol. The summed E-state index contributed by atoms with van der Waals surface area (Å²) in [6.45, 7) is 0. The normalized spacial score (nSPS) is 12.0. The molecule has 0 radical (unpaired) electrons. The van der Waals surface area contributed by atoms with E-state index in [1.807, 2.05) is 0 Å². The van der Waals surface area contributed by atoms with Crippen LogP contribution in [0, 0.1) is 0 Å². The molecule has 8 aromatic heterocycles. The number of rotatable bonds is 13. The fourth-order valence-corrected chi connectivity index (χ4v) is 20.4. The smallest absolute Gasteiger partial charge is 0.0788 e. The van der Waals surface area contributed by atoms with E-state index in [9.17, 15) is 0 Å². The standard InChI is InChI=1S/C118H74N8/c1-8-30-75(31-9-1)83-62-84(76-32-10-2-11-33-76)64-88(63-83)122-107-48-26-23-47-94(107)99-71-116-100(72-111(99)122)96-61-60-95-91-44-22-29-51-110(91)125(85-42-20-7-21-43-85)117(95)118(96)126(116)87-58-54-78(55-59-87)77-52-56-86(57-53-77)121-114-69-97-92-45-24-27-49-108(92)123(89-65-103(79-34-12-3-13-35-79)119-104(66-89)80-36-14-4-15-37-80)112(97)73-101(114)102-74-113-98(70-115(102)121)93-46-25-28-50-109(93)124(113)90-67-105(81-38-16-5-17-39-81)120-106(68-90)82-40-18-6-19-41-82/h1-74H. The SMILES string of the molecule is c1ccc(-c2cc(-c3ccccc3)cc(-n3c4ccccc4c4cc5c(cc43)c3ccc4c6ccccc6n(-c6ccccc6)c4c3n5-c3ccc(-c4ccc(-n5c6cc7c8ccccc8n(-c8cc(-c9ccccc9)nc(-c9ccccc9)c8)c7cc6c6cc7c(cc65)c5ccccc5n7-c5cc(-c6ccccc6)nc(-c6ccccc6)c5)cc4)cc3)c2)cc1. The van der Waals surface area contributed by atoms with Gasteiger partial charge in [0, 0.05) is 110 Å². The van der Waals surface area contributed by atoms with Crippen molar-refractivity contribution in [3.63, 3.8) is 0 Å². The highest BCUT2D eigenvalue weighted by molar-refractivity contribution is 6.27. The number of fused-ring (bicyclic) bond motifs is 19. The van der Waals surface area contributed by atoms with Crippen molar-refractivity contribution in [1.29, 1.82) is 0 Å². The number of pyridine rings is 2. The number of para-hydroxylation sites is 5. The predicted octanol–water partition coefficient (Wildman–Crippen LogP) is 30.7. The Kier molecular flexibility index (Phi) is 15.9. The molecule has 8 nitrogen and oxygen atoms in total. The van der Waals surface area contributed by atoms with Crippen molar-refractivity contribution in [1.82, 2.24) is 37.4 Å². The molecule has 586 valence electrons. The van der Waals surface area contributed by atoms with E-state index in [4.69, 9.17) is 9.97 Å². The lowest BCUT2D eigenvalue weighted by molar-refractivity contribution is 1.15. The molecule has 26 aromatic rings. The van der Waals surface area contributed by atoms with E-state index in [-0.39, 0.29) is 0 Å². The first-order valence-corrected chi connectivity index (χ1v) is 43.2. The number of benzene rings is 18. The number of aromatic nitrogens is 8. The second-order valence-electron chi connectivity index (χ2n) is 33.2. The Hall–Kier alpha value is -16.9. The Morgan fingerprint density at radius 3 is 0.690 bits per heavy atom. The van der Waals surface area contributed by atoms with Crippen LogP contribution in [0.4, 0.5) is 0 Å². The highest BCUT2D eigenvalue weighted by atomic mass is 15.1. The van der Waals surface area contributed by atoms with Crippen LogP contribution in [0.2, 0.25) is 0 Å². The topological polar surface area (TPSA) is 55.4 Å². The van der Waals surface area contributed by atoms with E-state index in [0.717, 1.165) is 200 Å². The van der Waals surface area contributed by atoms with Gasteiger partial charge in [-0.2, -0.15) is 0 Å². The van der Waals surface area contributed by atoms with E-state index in [1.54, 1.807) is 0 Å². The molecule has 0 saturated heterocycles. The van der Waals surface area contributed by atoms with Gasteiger partial charge in [0.2, 0.25) is 0 Å². The highest BCUT2D eigenvalue weighted by Crippen LogP contribution is 2.49. The van der Waals surface area contributed by atoms with E-state index in [1.165, 1.54) is 43.4 Å². The summed E-state index contributed by atoms with van der Waals surface area (Å²) in [5.74, 6) is 0. The van der Waals surface area contributed by atoms with E-state index in [0.29, 0.717) is 0 Å². The molecular weight excluding hydrogens is 1530 g/mol. The molecule has 8 heterocycles. The Balaban J connectivity index is 0.674. The summed E-state index contributed by atoms with van der Waals surface area (Å²) >= 11 is 0. The van der Waals surface area contributed by atoms with Crippen LogP contribution in [0.5, 0.6) is 0 Å². The van der Waals surface area contributed by atoms with Crippen LogP contribution in [-0.4, -0.2) is 37.4 Å². The third-order valence-corrected chi connectivity index (χ3v) is 26.1. The van der Waals surface area contributed by atoms with E-state index in [2.05, 4.69) is 476 Å². The predicted molar refractivity (Wildman–Crippen MR) is 526 cm³/mol. The largest absolute Gasteiger partial charge is 0.309 e. The molecule has 0 aliphatic heterocycles. The molecule has 0 bridgehead atoms. The van der Waals surface area contributed by atoms with Gasteiger partial charge in [0.1, 0.15) is 0 Å². The Bertz CT molecular complexity index is 8460. The lowest BCUT2D eigenvalue weighted by atomic mass is 9.98. The van der Waals surface area contributed by atoms with Gasteiger partial charge in [-0.05, 0) is 173 Å². The molecule has 0 atom stereocenters. The lowest BCUT2D eigenvalue weighted by Gasteiger charge is -2.14. The third-order valence-electron chi connectivity index (χ3n) is 26.1. The average Bonchev–Trinajstić information content (AvgIpc) is 1.54. The molecule has 26 rings (SSSR count). The van der Waals surface area contributed by atoms with Gasteiger partial charge in [-0.3, -0.25) is 0 Å². The molecule has 0 fully saturated rings. The fraction of sp³-hybridized carbons (Fsp3) is 0. The summed E-state index contributed by atoms with van der Waals surface area (Å²) in [5.41, 5.74) is 34.7. The Morgan fingerprint density at radius 2 is 0.341 bits per heavy atom. The van der Waals surface area contributed by atoms with Crippen molar-refractivity contribution in [3.8, 4) is 113 Å². The van der Waals surface area contributed by atoms with Crippen LogP contribution < -0.4 is 0 Å². The molecule has 0 aliphatic carbocycles. The summed E-state index contributed by atoms with van der Waals surface area (Å²) in [6.07, 6.45) is 0. The molecule has 0 unspecified atom stereocenters. The van der Waals surface area contributed by atoms with Crippen LogP contribution in [0.25, 0.3) is 243 Å². The minimum absolute atomic E-state index is 0.905. The summed E-state index contributed by atoms with van der Waals surface area (Å²) < 4.78 is 15.0. The molecule has 8 heteroatoms. The van der Waals surface area contributed by atoms with Crippen molar-refractivity contribution in [2.24, 2.45) is 0 Å². The first kappa shape index (κ1) is 70.9. The van der Waals surface area contributed by atoms with Crippen LogP contribution in [-0.2, 0) is 0 Å². The van der Waals surface area contributed by atoms with Gasteiger partial charge in [0.05, 0.1) is 100 Å². The summed E-state index contributed by atoms with van der Waals surface area (Å²) in [7, 11) is 0. The lowest BCUT2D eigenvalue weighted by Crippen LogP contribution is -1.99. The van der Waals surface area contributed by atoms with Crippen LogP contribution in [0.1, 0.15) is 0 Å². The van der Waals surface area contributed by atoms with Gasteiger partial charge in [-0.1, -0.05) is 309 Å². The molecular formula is C118H74N8. The van der Waals surface area contributed by atoms with E-state index >= 15 is 0 Å². The van der Waals surface area contributed by atoms with Gasteiger partial charge in [0.15, 0.2) is 0 Å². The Morgan fingerprint density at radius 1 is 0.119 bits per heavy atom. The first-order chi connectivity index (χ1) is 62.5. The maximum atomic E-state index is 5.40. The molecule has 18 aromatic carbocycles. The van der Waals surface area contributed by atoms with Crippen molar-refractivity contribution < 1.29 is 0 Å². The maximum Gasteiger partial charge on any atom is 0.0788 e. The maximum absolute atomic E-state index is 5.40. The van der Waals surface area contributed by atoms with Gasteiger partial charge < -0.3 is 27.4 Å². The van der Waals surface area contributed by atoms with Crippen molar-refractivity contribution in [2.45, 2.75) is 0 Å². The number of nitrogens with zero attached hydrogens (tertiary/aromatic N) is 8. The first-order valence-electron chi connectivity index (χ1n) is 43.2. The molecule has 126 heavy (non-hydrogen) atoms. The second kappa shape index (κ2) is 28.3. The van der Waals surface area contributed by atoms with Crippen LogP contribution in [0.3, 0.4) is 0 Å². The zero-order valence-electron chi connectivity index (χ0n) is 68.3. The van der Waals surface area contributed by atoms with Crippen molar-refractivity contribution in [3.05, 3.63) is 449 Å². The van der Waals surface area contributed by atoms with Gasteiger partial charge in [-0.25, -0.2) is 9.97 Å². The molecule has 0 spiro atoms. The number of hydrogen-bond acceptors (Lipinski definition) is 2. The zero-order valence-corrected chi connectivity index (χ0v) is 68.3. The minimum Gasteiger partial charge on any atom is -0.309 e. The fourth-order valence-electron chi connectivity index (χ4n) is 20.4. The minimum atomic E-state index is 0.905. The summed E-state index contributed by atoms with van der Waals surface area (Å²) in [5, 5.41) is 14.0. The van der Waals surface area contributed by atoms with Gasteiger partial charge >= 0.3 is 0 Å². The van der Waals surface area contributed by atoms with E-state index < -0.39 is 0 Å². The second-order valence-corrected chi connectivity index (χ2v) is 33.2. The summed E-state index contributed by atoms with van der Waals surface area (Å²) in [6, 6.07) is 165. The molecule has 0 N–H and O–H groups in total. The molecule has 0 saturated carbocycles. The average molecular weight is 1600 g/mol. The number of hydrogen-bond donors (Lipinski definition) is 0. The van der Waals surface area contributed by atoms with Gasteiger partial charge in [-0.15, -0.1) is 0 Å². The summed E-state index contributed by atoms with van der Waals surface area (Å²) in [4.78, 5) is 10.8. The van der Waals surface area contributed by atoms with Crippen LogP contribution in [0.15, 0.2) is 449 Å². The van der Waals surface area contributed by atoms with Crippen molar-refractivity contribution >= 4 is 131 Å². The highest BCUT2D eigenvalue weighted by Gasteiger charge is 2.28. The quantitative estimate of drug-likeness (QED) is 0.116. The van der Waals surface area contributed by atoms with Crippen LogP contribution >= 0.6 is 0 Å². The molecule has 0 amide bonds. The molecule has 0 aliphatic rings. The van der Waals surface area contributed by atoms with Crippen molar-refractivity contribution in [2.75, 3.05) is 0 Å². The zero-order chi connectivity index (χ0) is 82.6. The van der Waals surface area contributed by atoms with Gasteiger partial charge in [0.25, 0.3) is 0 Å². The Labute approximate surface area is 724 Å². The third kappa shape index (κ3) is 11.2.